The summed E-state index contributed by atoms with van der Waals surface area (Å²) in [5.41, 5.74) is 6.51. The van der Waals surface area contributed by atoms with Gasteiger partial charge in [0.05, 0.1) is 19.0 Å². The lowest BCUT2D eigenvalue weighted by Crippen LogP contribution is -2.36. The SMILES string of the molecule is Cc1ccc(C(=O)N[C@@H](C)COCN)cc1-n1c(C)nc(OCc2ccc(F)cc2F)c(Br)c1=O. The van der Waals surface area contributed by atoms with Crippen molar-refractivity contribution >= 4 is 21.8 Å². The Morgan fingerprint density at radius 2 is 1.97 bits per heavy atom. The number of nitrogens with two attached hydrogens (primary N) is 1. The Bertz CT molecular complexity index is 1300. The first-order chi connectivity index (χ1) is 16.6. The van der Waals surface area contributed by atoms with Gasteiger partial charge in [-0.15, -0.1) is 0 Å². The minimum absolute atomic E-state index is 0.0208. The van der Waals surface area contributed by atoms with Crippen LogP contribution in [0.5, 0.6) is 5.88 Å². The number of rotatable bonds is 9. The first kappa shape index (κ1) is 26.5. The zero-order valence-corrected chi connectivity index (χ0v) is 21.0. The number of carbonyl (C=O) groups is 1. The van der Waals surface area contributed by atoms with Crippen LogP contribution in [-0.2, 0) is 11.3 Å². The van der Waals surface area contributed by atoms with Gasteiger partial charge >= 0.3 is 0 Å². The van der Waals surface area contributed by atoms with Crippen molar-refractivity contribution in [1.82, 2.24) is 14.9 Å². The van der Waals surface area contributed by atoms with E-state index in [0.29, 0.717) is 11.3 Å². The highest BCUT2D eigenvalue weighted by atomic mass is 79.9. The van der Waals surface area contributed by atoms with Crippen LogP contribution in [0.2, 0.25) is 0 Å². The standard InChI is InChI=1S/C24H25BrF2N4O4/c1-13-4-5-16(22(32)29-14(2)10-34-12-28)8-20(13)31-15(3)30-23(21(25)24(31)33)35-11-17-6-7-18(26)9-19(17)27/h4-9,14H,10-12,28H2,1-3H3,(H,29,32)/t14-/m0/s1. The molecule has 1 aromatic heterocycles. The van der Waals surface area contributed by atoms with Crippen molar-refractivity contribution in [3.8, 4) is 11.6 Å². The number of halogens is 3. The molecule has 0 radical (unpaired) electrons. The minimum atomic E-state index is -0.763. The average molecular weight is 551 g/mol. The average Bonchev–Trinajstić information content (AvgIpc) is 2.81. The molecule has 0 unspecified atom stereocenters. The fourth-order valence-corrected chi connectivity index (χ4v) is 3.71. The van der Waals surface area contributed by atoms with Crippen LogP contribution >= 0.6 is 15.9 Å². The third kappa shape index (κ3) is 6.30. The Morgan fingerprint density at radius 1 is 1.23 bits per heavy atom. The van der Waals surface area contributed by atoms with E-state index < -0.39 is 17.2 Å². The van der Waals surface area contributed by atoms with E-state index in [2.05, 4.69) is 26.2 Å². The summed E-state index contributed by atoms with van der Waals surface area (Å²) in [6.07, 6.45) is 0. The van der Waals surface area contributed by atoms with E-state index in [1.54, 1.807) is 39.0 Å². The van der Waals surface area contributed by atoms with Crippen molar-refractivity contribution < 1.29 is 23.0 Å². The molecule has 11 heteroatoms. The highest BCUT2D eigenvalue weighted by molar-refractivity contribution is 9.10. The van der Waals surface area contributed by atoms with Gasteiger partial charge in [0.25, 0.3) is 11.5 Å². The lowest BCUT2D eigenvalue weighted by molar-refractivity contribution is 0.0863. The predicted molar refractivity (Wildman–Crippen MR) is 130 cm³/mol. The number of benzene rings is 2. The molecule has 3 aromatic rings. The van der Waals surface area contributed by atoms with Crippen molar-refractivity contribution in [3.05, 3.63) is 85.4 Å². The van der Waals surface area contributed by atoms with Crippen LogP contribution in [0, 0.1) is 25.5 Å². The van der Waals surface area contributed by atoms with Gasteiger partial charge < -0.3 is 20.5 Å². The number of nitrogens with zero attached hydrogens (tertiary/aromatic N) is 2. The fraction of sp³-hybridized carbons (Fsp3) is 0.292. The van der Waals surface area contributed by atoms with Gasteiger partial charge in [-0.3, -0.25) is 14.2 Å². The summed E-state index contributed by atoms with van der Waals surface area (Å²) in [5.74, 6) is -1.54. The molecule has 3 rings (SSSR count). The molecule has 1 amide bonds. The number of hydrogen-bond donors (Lipinski definition) is 2. The van der Waals surface area contributed by atoms with Gasteiger partial charge in [0.2, 0.25) is 5.88 Å². The minimum Gasteiger partial charge on any atom is -0.472 e. The summed E-state index contributed by atoms with van der Waals surface area (Å²) < 4.78 is 39.1. The molecule has 1 atom stereocenters. The molecule has 0 bridgehead atoms. The van der Waals surface area contributed by atoms with Gasteiger partial charge in [-0.1, -0.05) is 6.07 Å². The summed E-state index contributed by atoms with van der Waals surface area (Å²) in [6.45, 7) is 5.27. The van der Waals surface area contributed by atoms with Gasteiger partial charge in [0.15, 0.2) is 0 Å². The molecule has 0 fully saturated rings. The molecule has 2 aromatic carbocycles. The third-order valence-corrected chi connectivity index (χ3v) is 5.80. The first-order valence-corrected chi connectivity index (χ1v) is 11.5. The normalized spacial score (nSPS) is 11.9. The molecular formula is C24H25BrF2N4O4. The Hall–Kier alpha value is -3.15. The summed E-state index contributed by atoms with van der Waals surface area (Å²) in [6, 6.07) is 7.84. The van der Waals surface area contributed by atoms with Crippen molar-refractivity contribution in [2.24, 2.45) is 5.73 Å². The Labute approximate surface area is 209 Å². The number of hydrogen-bond acceptors (Lipinski definition) is 6. The maximum absolute atomic E-state index is 13.9. The molecule has 0 saturated carbocycles. The molecule has 0 saturated heterocycles. The maximum atomic E-state index is 13.9. The molecule has 0 aliphatic carbocycles. The Kier molecular flexibility index (Phi) is 8.71. The van der Waals surface area contributed by atoms with Crippen LogP contribution in [0.4, 0.5) is 8.78 Å². The zero-order valence-electron chi connectivity index (χ0n) is 19.4. The van der Waals surface area contributed by atoms with E-state index in [0.717, 1.165) is 17.7 Å². The van der Waals surface area contributed by atoms with Gasteiger partial charge in [0, 0.05) is 23.2 Å². The van der Waals surface area contributed by atoms with Gasteiger partial charge in [-0.2, -0.15) is 4.98 Å². The number of carbonyl (C=O) groups excluding carboxylic acids is 1. The van der Waals surface area contributed by atoms with Crippen molar-refractivity contribution in [2.45, 2.75) is 33.4 Å². The van der Waals surface area contributed by atoms with Gasteiger partial charge in [-0.25, -0.2) is 8.78 Å². The van der Waals surface area contributed by atoms with E-state index in [-0.39, 0.29) is 53.6 Å². The van der Waals surface area contributed by atoms with E-state index in [9.17, 15) is 18.4 Å². The van der Waals surface area contributed by atoms with Crippen LogP contribution in [0.15, 0.2) is 45.7 Å². The number of aryl methyl sites for hydroxylation is 2. The molecule has 186 valence electrons. The molecule has 0 aliphatic rings. The molecule has 3 N–H and O–H groups in total. The third-order valence-electron chi connectivity index (χ3n) is 5.12. The first-order valence-electron chi connectivity index (χ1n) is 10.7. The summed E-state index contributed by atoms with van der Waals surface area (Å²) in [7, 11) is 0. The molecule has 0 spiro atoms. The van der Waals surface area contributed by atoms with Crippen molar-refractivity contribution in [1.29, 1.82) is 0 Å². The molecule has 35 heavy (non-hydrogen) atoms. The monoisotopic (exact) mass is 550 g/mol. The number of ether oxygens (including phenoxy) is 2. The molecular weight excluding hydrogens is 526 g/mol. The van der Waals surface area contributed by atoms with E-state index in [4.69, 9.17) is 15.2 Å². The largest absolute Gasteiger partial charge is 0.472 e. The Morgan fingerprint density at radius 3 is 2.66 bits per heavy atom. The zero-order chi connectivity index (χ0) is 25.7. The van der Waals surface area contributed by atoms with Crippen LogP contribution < -0.4 is 21.3 Å². The second-order valence-electron chi connectivity index (χ2n) is 7.86. The van der Waals surface area contributed by atoms with Crippen LogP contribution in [0.1, 0.15) is 34.2 Å². The molecule has 0 aliphatic heterocycles. The lowest BCUT2D eigenvalue weighted by Gasteiger charge is -2.17. The smallest absolute Gasteiger partial charge is 0.276 e. The second kappa shape index (κ2) is 11.5. The van der Waals surface area contributed by atoms with Crippen LogP contribution in [0.3, 0.4) is 0 Å². The highest BCUT2D eigenvalue weighted by Gasteiger charge is 2.19. The predicted octanol–water partition coefficient (Wildman–Crippen LogP) is 3.52. The number of amides is 1. The Balaban J connectivity index is 1.89. The van der Waals surface area contributed by atoms with Gasteiger partial charge in [-0.05, 0) is 66.5 Å². The van der Waals surface area contributed by atoms with Crippen molar-refractivity contribution in [3.63, 3.8) is 0 Å². The number of aromatic nitrogens is 2. The maximum Gasteiger partial charge on any atom is 0.276 e. The van der Waals surface area contributed by atoms with Crippen molar-refractivity contribution in [2.75, 3.05) is 13.3 Å². The molecule has 8 nitrogen and oxygen atoms in total. The highest BCUT2D eigenvalue weighted by Crippen LogP contribution is 2.24. The van der Waals surface area contributed by atoms with E-state index in [1.165, 1.54) is 10.6 Å². The fourth-order valence-electron chi connectivity index (χ4n) is 3.33. The number of nitrogens with one attached hydrogen (secondary N) is 1. The molecule has 1 heterocycles. The van der Waals surface area contributed by atoms with E-state index >= 15 is 0 Å². The topological polar surface area (TPSA) is 108 Å². The van der Waals surface area contributed by atoms with Crippen LogP contribution in [0.25, 0.3) is 5.69 Å². The second-order valence-corrected chi connectivity index (χ2v) is 8.65. The summed E-state index contributed by atoms with van der Waals surface area (Å²) in [4.78, 5) is 30.2. The summed E-state index contributed by atoms with van der Waals surface area (Å²) >= 11 is 3.22. The lowest BCUT2D eigenvalue weighted by atomic mass is 10.1. The quantitative estimate of drug-likeness (QED) is 0.394. The van der Waals surface area contributed by atoms with Crippen LogP contribution in [-0.4, -0.2) is 34.8 Å². The summed E-state index contributed by atoms with van der Waals surface area (Å²) in [5, 5.41) is 2.81. The van der Waals surface area contributed by atoms with E-state index in [1.807, 2.05) is 0 Å². The van der Waals surface area contributed by atoms with Gasteiger partial charge in [0.1, 0.15) is 28.5 Å².